The van der Waals surface area contributed by atoms with Gasteiger partial charge >= 0.3 is 5.97 Å². The lowest BCUT2D eigenvalue weighted by Crippen LogP contribution is -2.40. The van der Waals surface area contributed by atoms with Crippen LogP contribution in [0.4, 0.5) is 0 Å². The largest absolute Gasteiger partial charge is 0.506 e. The van der Waals surface area contributed by atoms with Crippen LogP contribution in [0.25, 0.3) is 5.69 Å². The van der Waals surface area contributed by atoms with Crippen LogP contribution < -0.4 is 0 Å². The summed E-state index contributed by atoms with van der Waals surface area (Å²) < 4.78 is 6.71. The molecule has 0 aliphatic rings. The Hall–Kier alpha value is -3.19. The lowest BCUT2D eigenvalue weighted by atomic mass is 10.1. The first-order chi connectivity index (χ1) is 13.1. The summed E-state index contributed by atoms with van der Waals surface area (Å²) in [5, 5.41) is 10.00. The average Bonchev–Trinajstić information content (AvgIpc) is 3.15. The van der Waals surface area contributed by atoms with Crippen molar-refractivity contribution in [3.63, 3.8) is 0 Å². The van der Waals surface area contributed by atoms with Crippen LogP contribution in [0.15, 0.2) is 61.2 Å². The number of ether oxygens (including phenoxy) is 1. The number of hydrogen-bond acceptors (Lipinski definition) is 6. The van der Waals surface area contributed by atoms with Gasteiger partial charge in [0.25, 0.3) is 0 Å². The third kappa shape index (κ3) is 4.51. The molecule has 1 N–H and O–H groups in total. The van der Waals surface area contributed by atoms with E-state index in [1.54, 1.807) is 41.5 Å². The zero-order valence-electron chi connectivity index (χ0n) is 15.3. The van der Waals surface area contributed by atoms with Crippen LogP contribution >= 0.6 is 0 Å². The number of aromatic nitrogens is 3. The molecule has 0 amide bonds. The van der Waals surface area contributed by atoms with E-state index >= 15 is 0 Å². The van der Waals surface area contributed by atoms with E-state index < -0.39 is 6.04 Å². The van der Waals surface area contributed by atoms with Crippen LogP contribution in [-0.4, -0.2) is 50.7 Å². The predicted octanol–water partition coefficient (Wildman–Crippen LogP) is 2.19. The minimum Gasteiger partial charge on any atom is -0.506 e. The molecule has 0 unspecified atom stereocenters. The van der Waals surface area contributed by atoms with E-state index in [0.717, 1.165) is 11.4 Å². The maximum Gasteiger partial charge on any atom is 0.323 e. The van der Waals surface area contributed by atoms with Gasteiger partial charge in [-0.15, -0.1) is 0 Å². The zero-order chi connectivity index (χ0) is 19.2. The molecule has 7 nitrogen and oxygen atoms in total. The Balaban J connectivity index is 1.77. The number of esters is 1. The quantitative estimate of drug-likeness (QED) is 0.646. The highest BCUT2D eigenvalue weighted by molar-refractivity contribution is 5.76. The average molecular weight is 366 g/mol. The Morgan fingerprint density at radius 3 is 2.67 bits per heavy atom. The summed E-state index contributed by atoms with van der Waals surface area (Å²) in [4.78, 5) is 22.9. The summed E-state index contributed by atoms with van der Waals surface area (Å²) in [6.45, 7) is 0.515. The molecular formula is C20H22N4O3. The van der Waals surface area contributed by atoms with Gasteiger partial charge in [-0.25, -0.2) is 4.98 Å². The number of phenolic OH excluding ortho intramolecular Hbond substituents is 1. The number of likely N-dealkylation sites (N-methyl/N-ethyl adjacent to an activating group) is 1. The number of carbonyl (C=O) groups excluding carboxylic acids is 1. The van der Waals surface area contributed by atoms with Crippen molar-refractivity contribution >= 4 is 5.97 Å². The fraction of sp³-hybridized carbons (Fsp3) is 0.250. The molecule has 3 aromatic rings. The summed E-state index contributed by atoms with van der Waals surface area (Å²) in [6, 6.07) is 12.2. The number of benzene rings is 1. The van der Waals surface area contributed by atoms with E-state index in [4.69, 9.17) is 4.74 Å². The van der Waals surface area contributed by atoms with Crippen molar-refractivity contribution in [1.29, 1.82) is 0 Å². The maximum atomic E-state index is 12.3. The molecule has 1 aromatic carbocycles. The predicted molar refractivity (Wildman–Crippen MR) is 100 cm³/mol. The van der Waals surface area contributed by atoms with Gasteiger partial charge in [-0.1, -0.05) is 18.2 Å². The number of phenols is 1. The molecule has 27 heavy (non-hydrogen) atoms. The summed E-state index contributed by atoms with van der Waals surface area (Å²) in [6.07, 6.45) is 5.54. The van der Waals surface area contributed by atoms with E-state index in [1.165, 1.54) is 7.11 Å². The van der Waals surface area contributed by atoms with Gasteiger partial charge in [0.1, 0.15) is 11.8 Å². The van der Waals surface area contributed by atoms with Gasteiger partial charge < -0.3 is 14.4 Å². The van der Waals surface area contributed by atoms with Crippen molar-refractivity contribution in [2.75, 3.05) is 14.2 Å². The summed E-state index contributed by atoms with van der Waals surface area (Å²) >= 11 is 0. The molecule has 0 saturated heterocycles. The van der Waals surface area contributed by atoms with E-state index in [-0.39, 0.29) is 11.7 Å². The second-order valence-corrected chi connectivity index (χ2v) is 6.24. The molecular weight excluding hydrogens is 344 g/mol. The van der Waals surface area contributed by atoms with Gasteiger partial charge in [-0.3, -0.25) is 14.7 Å². The van der Waals surface area contributed by atoms with Crippen molar-refractivity contribution in [2.45, 2.75) is 19.0 Å². The highest BCUT2D eigenvalue weighted by Crippen LogP contribution is 2.21. The second-order valence-electron chi connectivity index (χ2n) is 6.24. The first-order valence-corrected chi connectivity index (χ1v) is 8.57. The van der Waals surface area contributed by atoms with E-state index in [0.29, 0.717) is 18.7 Å². The fourth-order valence-corrected chi connectivity index (χ4v) is 2.89. The monoisotopic (exact) mass is 366 g/mol. The van der Waals surface area contributed by atoms with E-state index in [2.05, 4.69) is 9.97 Å². The molecule has 0 fully saturated rings. The highest BCUT2D eigenvalue weighted by Gasteiger charge is 2.26. The minimum absolute atomic E-state index is 0.165. The van der Waals surface area contributed by atoms with Crippen molar-refractivity contribution < 1.29 is 14.6 Å². The number of methoxy groups -OCH3 is 1. The number of para-hydroxylation sites is 2. The lowest BCUT2D eigenvalue weighted by Gasteiger charge is -2.25. The second kappa shape index (κ2) is 8.46. The van der Waals surface area contributed by atoms with Crippen molar-refractivity contribution in [2.24, 2.45) is 0 Å². The summed E-state index contributed by atoms with van der Waals surface area (Å²) in [5.41, 5.74) is 2.22. The standard InChI is InChI=1S/C20H22N4O3/c1-23(12-15-7-5-6-10-21-15)18(20(26)27-2)11-16-13-24(14-22-16)17-8-3-4-9-19(17)25/h3-10,13-14,18,25H,11-12H2,1-2H3/t18-/m0/s1. The molecule has 0 bridgehead atoms. The number of carbonyl (C=O) groups is 1. The molecule has 140 valence electrons. The van der Waals surface area contributed by atoms with Crippen LogP contribution in [0.1, 0.15) is 11.4 Å². The normalized spacial score (nSPS) is 12.1. The molecule has 2 heterocycles. The van der Waals surface area contributed by atoms with E-state index in [9.17, 15) is 9.90 Å². The van der Waals surface area contributed by atoms with Gasteiger partial charge in [0, 0.05) is 25.4 Å². The van der Waals surface area contributed by atoms with Crippen LogP contribution in [0.5, 0.6) is 5.75 Å². The molecule has 1 atom stereocenters. The number of rotatable bonds is 7. The molecule has 0 saturated carbocycles. The SMILES string of the molecule is COC(=O)[C@H](Cc1cn(-c2ccccc2O)cn1)N(C)Cc1ccccn1. The zero-order valence-corrected chi connectivity index (χ0v) is 15.3. The highest BCUT2D eigenvalue weighted by atomic mass is 16.5. The van der Waals surface area contributed by atoms with Crippen LogP contribution in [0, 0.1) is 0 Å². The molecule has 2 aromatic heterocycles. The smallest absolute Gasteiger partial charge is 0.323 e. The van der Waals surface area contributed by atoms with Crippen molar-refractivity contribution in [3.8, 4) is 11.4 Å². The third-order valence-electron chi connectivity index (χ3n) is 4.34. The molecule has 7 heteroatoms. The number of hydrogen-bond donors (Lipinski definition) is 1. The Kier molecular flexibility index (Phi) is 5.83. The molecule has 3 rings (SSSR count). The minimum atomic E-state index is -0.496. The Morgan fingerprint density at radius 1 is 1.19 bits per heavy atom. The van der Waals surface area contributed by atoms with Gasteiger partial charge in [0.2, 0.25) is 0 Å². The molecule has 0 radical (unpaired) electrons. The Bertz CT molecular complexity index is 895. The summed E-state index contributed by atoms with van der Waals surface area (Å²) in [5.74, 6) is -0.163. The van der Waals surface area contributed by atoms with Crippen LogP contribution in [-0.2, 0) is 22.5 Å². The first kappa shape index (κ1) is 18.6. The Morgan fingerprint density at radius 2 is 1.96 bits per heavy atom. The number of nitrogens with zero attached hydrogens (tertiary/aromatic N) is 4. The molecule has 0 aliphatic heterocycles. The topological polar surface area (TPSA) is 80.5 Å². The van der Waals surface area contributed by atoms with Crippen LogP contribution in [0.2, 0.25) is 0 Å². The van der Waals surface area contributed by atoms with E-state index in [1.807, 2.05) is 36.2 Å². The number of pyridine rings is 1. The Labute approximate surface area is 157 Å². The van der Waals surface area contributed by atoms with Crippen molar-refractivity contribution in [3.05, 3.63) is 72.6 Å². The third-order valence-corrected chi connectivity index (χ3v) is 4.34. The molecule has 0 spiro atoms. The number of aromatic hydroxyl groups is 1. The van der Waals surface area contributed by atoms with Gasteiger partial charge in [0.15, 0.2) is 0 Å². The van der Waals surface area contributed by atoms with Gasteiger partial charge in [-0.05, 0) is 31.3 Å². The maximum absolute atomic E-state index is 12.3. The number of imidazole rings is 1. The fourth-order valence-electron chi connectivity index (χ4n) is 2.89. The van der Waals surface area contributed by atoms with Gasteiger partial charge in [-0.2, -0.15) is 0 Å². The summed E-state index contributed by atoms with van der Waals surface area (Å²) in [7, 11) is 3.24. The van der Waals surface area contributed by atoms with Crippen molar-refractivity contribution in [1.82, 2.24) is 19.4 Å². The lowest BCUT2D eigenvalue weighted by molar-refractivity contribution is -0.146. The molecule has 0 aliphatic carbocycles. The first-order valence-electron chi connectivity index (χ1n) is 8.57. The van der Waals surface area contributed by atoms with Crippen LogP contribution in [0.3, 0.4) is 0 Å². The van der Waals surface area contributed by atoms with Gasteiger partial charge in [0.05, 0.1) is 30.5 Å².